The molecule has 2 N–H and O–H groups in total. The minimum Gasteiger partial charge on any atom is -0.391 e. The third kappa shape index (κ3) is 3.38. The van der Waals surface area contributed by atoms with Crippen molar-refractivity contribution in [1.82, 2.24) is 9.88 Å². The van der Waals surface area contributed by atoms with Crippen LogP contribution in [0.3, 0.4) is 0 Å². The van der Waals surface area contributed by atoms with Crippen LogP contribution in [-0.2, 0) is 0 Å². The zero-order valence-corrected chi connectivity index (χ0v) is 15.7. The second-order valence-electron chi connectivity index (χ2n) is 7.27. The van der Waals surface area contributed by atoms with Crippen LogP contribution in [-0.4, -0.2) is 54.1 Å². The number of β-amino-alcohol motifs (C(OH)–C–C–N with tert-alkyl or cyclic N) is 1. The smallest absolute Gasteiger partial charge is 0.128 e. The number of nitrogens with zero attached hydrogens (tertiary/aromatic N) is 3. The van der Waals surface area contributed by atoms with Crippen molar-refractivity contribution in [1.29, 1.82) is 5.41 Å². The van der Waals surface area contributed by atoms with Gasteiger partial charge in [-0.3, -0.25) is 10.4 Å². The fourth-order valence-corrected chi connectivity index (χ4v) is 3.60. The largest absolute Gasteiger partial charge is 0.391 e. The van der Waals surface area contributed by atoms with Crippen molar-refractivity contribution in [3.05, 3.63) is 60.3 Å². The first-order chi connectivity index (χ1) is 13.0. The van der Waals surface area contributed by atoms with Gasteiger partial charge in [-0.15, -0.1) is 0 Å². The SMILES string of the molecule is CN(C)c1ccc(-c2ccc3nccc(C(=N)N4CC[C@H](O)C4)c3c2)cc1. The second kappa shape index (κ2) is 7.00. The highest BCUT2D eigenvalue weighted by Gasteiger charge is 2.24. The van der Waals surface area contributed by atoms with E-state index < -0.39 is 0 Å². The third-order valence-electron chi connectivity index (χ3n) is 5.19. The molecule has 27 heavy (non-hydrogen) atoms. The number of aromatic nitrogens is 1. The molecule has 0 saturated carbocycles. The van der Waals surface area contributed by atoms with E-state index in [2.05, 4.69) is 46.3 Å². The molecule has 1 atom stereocenters. The number of aliphatic hydroxyl groups excluding tert-OH is 1. The van der Waals surface area contributed by atoms with Gasteiger partial charge >= 0.3 is 0 Å². The highest BCUT2D eigenvalue weighted by atomic mass is 16.3. The summed E-state index contributed by atoms with van der Waals surface area (Å²) < 4.78 is 0. The summed E-state index contributed by atoms with van der Waals surface area (Å²) in [6, 6.07) is 16.6. The average molecular weight is 360 g/mol. The van der Waals surface area contributed by atoms with E-state index in [1.165, 1.54) is 0 Å². The van der Waals surface area contributed by atoms with Gasteiger partial charge in [0.05, 0.1) is 11.6 Å². The third-order valence-corrected chi connectivity index (χ3v) is 5.19. The van der Waals surface area contributed by atoms with Crippen LogP contribution in [0.5, 0.6) is 0 Å². The van der Waals surface area contributed by atoms with Gasteiger partial charge < -0.3 is 14.9 Å². The number of amidine groups is 1. The number of fused-ring (bicyclic) bond motifs is 1. The predicted octanol–water partition coefficient (Wildman–Crippen LogP) is 3.36. The van der Waals surface area contributed by atoms with E-state index in [4.69, 9.17) is 5.41 Å². The Morgan fingerprint density at radius 2 is 1.85 bits per heavy atom. The van der Waals surface area contributed by atoms with E-state index in [-0.39, 0.29) is 6.10 Å². The summed E-state index contributed by atoms with van der Waals surface area (Å²) >= 11 is 0. The van der Waals surface area contributed by atoms with Crippen LogP contribution in [0.2, 0.25) is 0 Å². The van der Waals surface area contributed by atoms with E-state index in [0.29, 0.717) is 12.4 Å². The molecule has 1 aliphatic heterocycles. The molecule has 1 saturated heterocycles. The van der Waals surface area contributed by atoms with E-state index in [1.54, 1.807) is 6.20 Å². The summed E-state index contributed by atoms with van der Waals surface area (Å²) in [7, 11) is 4.06. The Labute approximate surface area is 159 Å². The standard InChI is InChI=1S/C22H24N4O/c1-25(2)17-6-3-15(4-7-17)16-5-8-21-20(13-16)19(9-11-24-21)22(23)26-12-10-18(27)14-26/h3-9,11,13,18,23,27H,10,12,14H2,1-2H3/t18-/m0/s1. The molecule has 1 aliphatic rings. The maximum absolute atomic E-state index is 9.81. The monoisotopic (exact) mass is 360 g/mol. The molecule has 0 unspecified atom stereocenters. The van der Waals surface area contributed by atoms with E-state index in [9.17, 15) is 5.11 Å². The van der Waals surface area contributed by atoms with Crippen LogP contribution in [0.4, 0.5) is 5.69 Å². The Morgan fingerprint density at radius 1 is 1.11 bits per heavy atom. The summed E-state index contributed by atoms with van der Waals surface area (Å²) in [5.74, 6) is 0.457. The lowest BCUT2D eigenvalue weighted by Gasteiger charge is -2.20. The highest BCUT2D eigenvalue weighted by Crippen LogP contribution is 2.28. The van der Waals surface area contributed by atoms with Crippen LogP contribution in [0.25, 0.3) is 22.0 Å². The fraction of sp³-hybridized carbons (Fsp3) is 0.273. The number of aliphatic hydroxyl groups is 1. The van der Waals surface area contributed by atoms with Crippen molar-refractivity contribution in [2.75, 3.05) is 32.1 Å². The van der Waals surface area contributed by atoms with E-state index >= 15 is 0 Å². The second-order valence-corrected chi connectivity index (χ2v) is 7.27. The van der Waals surface area contributed by atoms with Gasteiger partial charge in [0.15, 0.2) is 0 Å². The maximum Gasteiger partial charge on any atom is 0.128 e. The molecule has 2 aromatic carbocycles. The van der Waals surface area contributed by atoms with E-state index in [0.717, 1.165) is 46.2 Å². The van der Waals surface area contributed by atoms with Gasteiger partial charge in [-0.2, -0.15) is 0 Å². The van der Waals surface area contributed by atoms with Crippen molar-refractivity contribution >= 4 is 22.4 Å². The number of rotatable bonds is 3. The van der Waals surface area contributed by atoms with Crippen molar-refractivity contribution in [2.45, 2.75) is 12.5 Å². The zero-order valence-electron chi connectivity index (χ0n) is 15.7. The van der Waals surface area contributed by atoms with Crippen molar-refractivity contribution in [2.24, 2.45) is 0 Å². The van der Waals surface area contributed by atoms with Crippen LogP contribution >= 0.6 is 0 Å². The molecule has 0 spiro atoms. The molecule has 3 aromatic rings. The van der Waals surface area contributed by atoms with Gasteiger partial charge in [0, 0.05) is 50.0 Å². The molecule has 0 aliphatic carbocycles. The van der Waals surface area contributed by atoms with Crippen molar-refractivity contribution in [3.8, 4) is 11.1 Å². The molecule has 0 radical (unpaired) electrons. The Hall–Kier alpha value is -2.92. The summed E-state index contributed by atoms with van der Waals surface area (Å²) in [5.41, 5.74) is 5.15. The molecular weight excluding hydrogens is 336 g/mol. The minimum absolute atomic E-state index is 0.343. The predicted molar refractivity (Wildman–Crippen MR) is 111 cm³/mol. The number of nitrogens with one attached hydrogen (secondary N) is 1. The minimum atomic E-state index is -0.343. The van der Waals surface area contributed by atoms with Gasteiger partial charge in [0.25, 0.3) is 0 Å². The van der Waals surface area contributed by atoms with Crippen LogP contribution in [0.15, 0.2) is 54.7 Å². The Morgan fingerprint density at radius 3 is 2.52 bits per heavy atom. The number of benzene rings is 2. The first-order valence-corrected chi connectivity index (χ1v) is 9.21. The Balaban J connectivity index is 1.74. The summed E-state index contributed by atoms with van der Waals surface area (Å²) in [6.07, 6.45) is 2.13. The maximum atomic E-state index is 9.81. The number of anilines is 1. The molecule has 1 fully saturated rings. The molecular formula is C22H24N4O. The van der Waals surface area contributed by atoms with Crippen LogP contribution < -0.4 is 4.90 Å². The van der Waals surface area contributed by atoms with Gasteiger partial charge in [-0.05, 0) is 47.9 Å². The summed E-state index contributed by atoms with van der Waals surface area (Å²) in [6.45, 7) is 1.24. The molecule has 0 amide bonds. The van der Waals surface area contributed by atoms with Crippen molar-refractivity contribution < 1.29 is 5.11 Å². The molecule has 5 nitrogen and oxygen atoms in total. The number of hydrogen-bond acceptors (Lipinski definition) is 4. The van der Waals surface area contributed by atoms with Crippen LogP contribution in [0.1, 0.15) is 12.0 Å². The molecule has 1 aromatic heterocycles. The molecule has 2 heterocycles. The van der Waals surface area contributed by atoms with Gasteiger partial charge in [-0.1, -0.05) is 18.2 Å². The van der Waals surface area contributed by atoms with Gasteiger partial charge in [0.1, 0.15) is 5.84 Å². The molecule has 4 rings (SSSR count). The fourth-order valence-electron chi connectivity index (χ4n) is 3.60. The van der Waals surface area contributed by atoms with E-state index in [1.807, 2.05) is 31.1 Å². The molecule has 0 bridgehead atoms. The van der Waals surface area contributed by atoms with Crippen LogP contribution in [0, 0.1) is 5.41 Å². The number of likely N-dealkylation sites (tertiary alicyclic amines) is 1. The summed E-state index contributed by atoms with van der Waals surface area (Å²) in [4.78, 5) is 8.49. The molecule has 5 heteroatoms. The van der Waals surface area contributed by atoms with Gasteiger partial charge in [-0.25, -0.2) is 0 Å². The normalized spacial score (nSPS) is 16.7. The quantitative estimate of drug-likeness (QED) is 0.555. The molecule has 138 valence electrons. The average Bonchev–Trinajstić information content (AvgIpc) is 3.13. The van der Waals surface area contributed by atoms with Crippen molar-refractivity contribution in [3.63, 3.8) is 0 Å². The lowest BCUT2D eigenvalue weighted by atomic mass is 10.00. The van der Waals surface area contributed by atoms with Gasteiger partial charge in [0.2, 0.25) is 0 Å². The first kappa shape index (κ1) is 17.5. The number of hydrogen-bond donors (Lipinski definition) is 2. The Kier molecular flexibility index (Phi) is 4.54. The highest BCUT2D eigenvalue weighted by molar-refractivity contribution is 6.08. The zero-order chi connectivity index (χ0) is 19.0. The lowest BCUT2D eigenvalue weighted by Crippen LogP contribution is -2.29. The topological polar surface area (TPSA) is 63.5 Å². The number of pyridine rings is 1. The Bertz CT molecular complexity index is 981. The first-order valence-electron chi connectivity index (χ1n) is 9.21. The lowest BCUT2D eigenvalue weighted by molar-refractivity contribution is 0.188. The summed E-state index contributed by atoms with van der Waals surface area (Å²) in [5, 5.41) is 19.4.